The standard InChI is InChI=1S/C74H96N8O12/c1-48(2)66(80-63(84)30-36-91-38-40-93-42-43-94-41-39-92-37-35-76-62(83)28-29-65(86)82-47-54-16-9-8-14-50(54)18-19-53-15-10-11-17-59(53)82)68(88)77-49(3)67(87)79-56-25-21-52-23-27-61-72(5,58(52)45-56)32-13-34-74(61,7)70(90)81-69(89)73(6)33-12-31-71(4)57-44-55(78-64(85)46-75)24-20-51(57)22-26-60(71)73/h8-11,14-17,20-21,24-25,44-45,48-49,60-61,66H,12-13,22-23,26-43,46-47,75H2,1-7H3,(H,76,83)(H,77,88)(H,78,85)(H,79,87)(H,80,84)(H,81,89,90)/p+1. The minimum atomic E-state index is -0.943. The molecule has 1 aliphatic heterocycles. The van der Waals surface area contributed by atoms with Crippen LogP contribution in [-0.2, 0) is 87.5 Å². The van der Waals surface area contributed by atoms with Crippen molar-refractivity contribution in [3.05, 3.63) is 124 Å². The Balaban J connectivity index is 0.641. The summed E-state index contributed by atoms with van der Waals surface area (Å²) in [6.45, 7) is 16.8. The molecule has 4 aromatic carbocycles. The van der Waals surface area contributed by atoms with E-state index >= 15 is 0 Å². The van der Waals surface area contributed by atoms with Crippen molar-refractivity contribution in [1.82, 2.24) is 21.3 Å². The number of aryl methyl sites for hydroxylation is 2. The molecule has 2 saturated carbocycles. The van der Waals surface area contributed by atoms with Gasteiger partial charge in [-0.05, 0) is 157 Å². The molecule has 9 rings (SSSR count). The average Bonchev–Trinajstić information content (AvgIpc) is 0.727. The summed E-state index contributed by atoms with van der Waals surface area (Å²) in [4.78, 5) is 110. The van der Waals surface area contributed by atoms with Gasteiger partial charge in [-0.1, -0.05) is 109 Å². The van der Waals surface area contributed by atoms with Gasteiger partial charge in [-0.25, -0.2) is 0 Å². The molecule has 9 N–H and O–H groups in total. The molecule has 0 spiro atoms. The van der Waals surface area contributed by atoms with Crippen molar-refractivity contribution in [2.75, 3.05) is 81.5 Å². The maximum atomic E-state index is 14.9. The van der Waals surface area contributed by atoms with Crippen LogP contribution in [-0.4, -0.2) is 125 Å². The lowest BCUT2D eigenvalue weighted by Crippen LogP contribution is -2.60. The molecule has 2 fully saturated rings. The highest BCUT2D eigenvalue weighted by molar-refractivity contribution is 6.02. The van der Waals surface area contributed by atoms with Gasteiger partial charge in [0.25, 0.3) is 5.91 Å². The number of para-hydroxylation sites is 1. The fourth-order valence-electron chi connectivity index (χ4n) is 15.5. The van der Waals surface area contributed by atoms with Crippen molar-refractivity contribution in [3.63, 3.8) is 0 Å². The summed E-state index contributed by atoms with van der Waals surface area (Å²) < 4.78 is 22.4. The number of anilines is 3. The number of imide groups is 1. The second kappa shape index (κ2) is 31.6. The zero-order valence-corrected chi connectivity index (χ0v) is 56.0. The molecule has 1 heterocycles. The first kappa shape index (κ1) is 70.5. The molecular weight excluding hydrogens is 1190 g/mol. The van der Waals surface area contributed by atoms with Crippen LogP contribution in [0.15, 0.2) is 84.9 Å². The number of rotatable bonds is 28. The van der Waals surface area contributed by atoms with E-state index in [0.29, 0.717) is 58.0 Å². The molecule has 4 aromatic rings. The van der Waals surface area contributed by atoms with E-state index in [-0.39, 0.29) is 111 Å². The fourth-order valence-corrected chi connectivity index (χ4v) is 15.5. The second-order valence-corrected chi connectivity index (χ2v) is 27.3. The lowest BCUT2D eigenvalue weighted by atomic mass is 9.49. The van der Waals surface area contributed by atoms with E-state index in [1.54, 1.807) is 11.8 Å². The smallest absolute Gasteiger partial charge is 0.279 e. The number of carbonyl (C=O) groups excluding carboxylic acids is 8. The first-order valence-corrected chi connectivity index (χ1v) is 33.8. The molecule has 20 nitrogen and oxygen atoms in total. The number of nitrogens with zero attached hydrogens (tertiary/aromatic N) is 1. The molecule has 0 radical (unpaired) electrons. The number of nitrogens with one attached hydrogen (secondary N) is 6. The van der Waals surface area contributed by atoms with Gasteiger partial charge in [0, 0.05) is 48.3 Å². The van der Waals surface area contributed by atoms with Crippen LogP contribution in [0.3, 0.4) is 0 Å². The summed E-state index contributed by atoms with van der Waals surface area (Å²) in [7, 11) is 0. The third kappa shape index (κ3) is 16.5. The van der Waals surface area contributed by atoms with Crippen LogP contribution in [0, 0.1) is 40.4 Å². The number of hydrogen-bond donors (Lipinski definition) is 7. The summed E-state index contributed by atoms with van der Waals surface area (Å²) in [6.07, 6.45) is 7.95. The quantitative estimate of drug-likeness (QED) is 0.0170. The first-order chi connectivity index (χ1) is 45.1. The predicted molar refractivity (Wildman–Crippen MR) is 358 cm³/mol. The first-order valence-electron chi connectivity index (χ1n) is 33.8. The van der Waals surface area contributed by atoms with Gasteiger partial charge in [-0.15, -0.1) is 0 Å². The van der Waals surface area contributed by atoms with E-state index in [1.807, 2.05) is 100 Å². The fraction of sp³-hybridized carbons (Fsp3) is 0.541. The van der Waals surface area contributed by atoms with Gasteiger partial charge < -0.3 is 56.2 Å². The van der Waals surface area contributed by atoms with Gasteiger partial charge in [0.05, 0.1) is 75.9 Å². The Bertz CT molecular complexity index is 3510. The molecule has 5 aliphatic rings. The summed E-state index contributed by atoms with van der Waals surface area (Å²) in [5.74, 6) is 3.76. The van der Waals surface area contributed by atoms with E-state index in [1.165, 1.54) is 11.1 Å². The second-order valence-electron chi connectivity index (χ2n) is 27.3. The maximum Gasteiger partial charge on any atom is 0.279 e. The van der Waals surface area contributed by atoms with Gasteiger partial charge >= 0.3 is 0 Å². The molecule has 0 saturated heterocycles. The Morgan fingerprint density at radius 1 is 0.564 bits per heavy atom. The number of fused-ring (bicyclic) bond motifs is 8. The number of hydrogen-bond acceptors (Lipinski definition) is 12. The van der Waals surface area contributed by atoms with Gasteiger partial charge in [-0.2, -0.15) is 0 Å². The Labute approximate surface area is 553 Å². The van der Waals surface area contributed by atoms with E-state index in [2.05, 4.69) is 75.5 Å². The van der Waals surface area contributed by atoms with Crippen molar-refractivity contribution in [2.45, 2.75) is 161 Å². The zero-order valence-electron chi connectivity index (χ0n) is 56.0. The number of quaternary nitrogens is 1. The minimum absolute atomic E-state index is 0.00400. The number of ether oxygens (including phenoxy) is 4. The van der Waals surface area contributed by atoms with Crippen LogP contribution in [0.2, 0.25) is 0 Å². The minimum Gasteiger partial charge on any atom is -0.379 e. The molecule has 8 amide bonds. The molecule has 4 aliphatic carbocycles. The molecule has 504 valence electrons. The van der Waals surface area contributed by atoms with Crippen LogP contribution in [0.5, 0.6) is 0 Å². The lowest BCUT2D eigenvalue weighted by Gasteiger charge is -2.56. The molecule has 0 aromatic heterocycles. The molecule has 20 heteroatoms. The predicted octanol–water partition coefficient (Wildman–Crippen LogP) is 7.11. The van der Waals surface area contributed by atoms with Crippen LogP contribution in [0.25, 0.3) is 0 Å². The van der Waals surface area contributed by atoms with Gasteiger partial charge in [0.1, 0.15) is 12.1 Å². The van der Waals surface area contributed by atoms with Crippen LogP contribution < -0.4 is 42.5 Å². The van der Waals surface area contributed by atoms with E-state index in [9.17, 15) is 38.4 Å². The largest absolute Gasteiger partial charge is 0.379 e. The average molecular weight is 1290 g/mol. The highest BCUT2D eigenvalue weighted by Crippen LogP contribution is 2.60. The third-order valence-corrected chi connectivity index (χ3v) is 20.7. The van der Waals surface area contributed by atoms with Gasteiger partial charge in [0.15, 0.2) is 6.54 Å². The molecule has 94 heavy (non-hydrogen) atoms. The molecular formula is C74H97N8O12+. The summed E-state index contributed by atoms with van der Waals surface area (Å²) >= 11 is 0. The van der Waals surface area contributed by atoms with Crippen LogP contribution >= 0.6 is 0 Å². The van der Waals surface area contributed by atoms with Crippen molar-refractivity contribution in [3.8, 4) is 11.8 Å². The maximum absolute atomic E-state index is 14.9. The Morgan fingerprint density at radius 3 is 1.68 bits per heavy atom. The normalized spacial score (nSPS) is 23.0. The lowest BCUT2D eigenvalue weighted by molar-refractivity contribution is -0.353. The van der Waals surface area contributed by atoms with E-state index in [0.717, 1.165) is 90.6 Å². The van der Waals surface area contributed by atoms with Crippen molar-refractivity contribution in [1.29, 1.82) is 0 Å². The summed E-state index contributed by atoms with van der Waals surface area (Å²) in [5, 5.41) is 17.4. The topological polar surface area (TPSA) is 277 Å². The Morgan fingerprint density at radius 2 is 1.10 bits per heavy atom. The molecule has 0 bridgehead atoms. The molecule has 8 atom stereocenters. The van der Waals surface area contributed by atoms with E-state index < -0.39 is 40.1 Å². The summed E-state index contributed by atoms with van der Waals surface area (Å²) in [5.41, 5.74) is 10.6. The number of amides is 8. The van der Waals surface area contributed by atoms with Crippen molar-refractivity contribution in [2.24, 2.45) is 28.6 Å². The highest BCUT2D eigenvalue weighted by Gasteiger charge is 2.58. The Hall–Kier alpha value is -7.80. The van der Waals surface area contributed by atoms with Crippen LogP contribution in [0.4, 0.5) is 17.1 Å². The van der Waals surface area contributed by atoms with Gasteiger partial charge in [-0.3, -0.25) is 43.7 Å². The third-order valence-electron chi connectivity index (χ3n) is 20.7. The van der Waals surface area contributed by atoms with Crippen LogP contribution in [0.1, 0.15) is 158 Å². The SMILES string of the molecule is CC(NC(=O)C(NC(=O)CCOCCOCCOCCOCCNC(=O)CCC(=O)N1Cc2ccccc2C#Cc2ccccc21)C(C)C)C(=O)Nc1ccc2c(c1)C1(C)CCCC(C)(C(=O)NC(=O)C3(C)CCCC4(C)c5cc(NC(=O)C[NH3+])ccc5CCC34)C1CC2. The van der Waals surface area contributed by atoms with Crippen molar-refractivity contribution < 1.29 is 63.0 Å². The monoisotopic (exact) mass is 1290 g/mol. The highest BCUT2D eigenvalue weighted by atomic mass is 16.6. The summed E-state index contributed by atoms with van der Waals surface area (Å²) in [6, 6.07) is 25.5. The Kier molecular flexibility index (Phi) is 23.7. The van der Waals surface area contributed by atoms with Crippen molar-refractivity contribution >= 4 is 64.3 Å². The molecule has 8 unspecified atom stereocenters. The van der Waals surface area contributed by atoms with E-state index in [4.69, 9.17) is 18.9 Å². The number of benzene rings is 4. The number of carbonyl (C=O) groups is 8. The zero-order chi connectivity index (χ0) is 67.2. The van der Waals surface area contributed by atoms with Gasteiger partial charge in [0.2, 0.25) is 41.4 Å².